The minimum absolute atomic E-state index is 0.749. The zero-order valence-corrected chi connectivity index (χ0v) is 9.51. The van der Waals surface area contributed by atoms with Crippen LogP contribution >= 0.6 is 11.3 Å². The maximum atomic E-state index is 9.30. The number of hydrogen-bond acceptors (Lipinski definition) is 3. The lowest BCUT2D eigenvalue weighted by atomic mass is 10.0. The lowest BCUT2D eigenvalue weighted by molar-refractivity contribution is 1.45. The number of nitrogens with zero attached hydrogens (tertiary/aromatic N) is 2. The third kappa shape index (κ3) is 1.14. The van der Waals surface area contributed by atoms with Gasteiger partial charge in [-0.3, -0.25) is 0 Å². The predicted octanol–water partition coefficient (Wildman–Crippen LogP) is 3.63. The van der Waals surface area contributed by atoms with E-state index in [0.717, 1.165) is 32.2 Å². The smallest absolute Gasteiger partial charge is 0.125 e. The third-order valence-electron chi connectivity index (χ3n) is 2.75. The van der Waals surface area contributed by atoms with Gasteiger partial charge in [0.05, 0.1) is 11.1 Å². The molecule has 0 amide bonds. The largest absolute Gasteiger partial charge is 0.237 e. The van der Waals surface area contributed by atoms with Crippen molar-refractivity contribution in [3.8, 4) is 6.07 Å². The number of aryl methyl sites for hydroxylation is 1. The molecule has 0 fully saturated rings. The van der Waals surface area contributed by atoms with Crippen LogP contribution in [0.4, 0.5) is 0 Å². The van der Waals surface area contributed by atoms with Gasteiger partial charge >= 0.3 is 0 Å². The Bertz CT molecular complexity index is 735. The van der Waals surface area contributed by atoms with E-state index in [9.17, 15) is 5.26 Å². The molecule has 3 aromatic rings. The highest BCUT2D eigenvalue weighted by Crippen LogP contribution is 2.30. The maximum absolute atomic E-state index is 9.30. The summed E-state index contributed by atoms with van der Waals surface area (Å²) in [5, 5.41) is 13.2. The van der Waals surface area contributed by atoms with Crippen molar-refractivity contribution in [2.75, 3.05) is 0 Å². The highest BCUT2D eigenvalue weighted by Gasteiger charge is 2.10. The average Bonchev–Trinajstić information content (AvgIpc) is 2.74. The minimum Gasteiger partial charge on any atom is -0.237 e. The molecule has 0 N–H and O–H groups in total. The summed E-state index contributed by atoms with van der Waals surface area (Å²) >= 11 is 1.58. The van der Waals surface area contributed by atoms with E-state index in [0.29, 0.717) is 0 Å². The topological polar surface area (TPSA) is 36.7 Å². The van der Waals surface area contributed by atoms with Crippen LogP contribution in [0, 0.1) is 18.3 Å². The van der Waals surface area contributed by atoms with Gasteiger partial charge in [0.15, 0.2) is 0 Å². The first kappa shape index (κ1) is 9.32. The van der Waals surface area contributed by atoms with Gasteiger partial charge in [0.2, 0.25) is 0 Å². The van der Waals surface area contributed by atoms with Gasteiger partial charge in [0.1, 0.15) is 10.9 Å². The van der Waals surface area contributed by atoms with Crippen LogP contribution in [-0.2, 0) is 0 Å². The molecule has 2 heterocycles. The SMILES string of the molecule is Cc1cccc2nc3sccc3c(C#N)c12. The van der Waals surface area contributed by atoms with Crippen LogP contribution in [0.25, 0.3) is 21.1 Å². The molecule has 0 aliphatic carbocycles. The highest BCUT2D eigenvalue weighted by molar-refractivity contribution is 7.16. The standard InChI is InChI=1S/C13H8N2S/c1-8-3-2-4-11-12(8)10(7-14)9-5-6-16-13(9)15-11/h2-6H,1H3. The van der Waals surface area contributed by atoms with E-state index in [2.05, 4.69) is 11.1 Å². The van der Waals surface area contributed by atoms with E-state index in [1.807, 2.05) is 36.6 Å². The van der Waals surface area contributed by atoms with E-state index < -0.39 is 0 Å². The molecule has 16 heavy (non-hydrogen) atoms. The molecule has 0 spiro atoms. The van der Waals surface area contributed by atoms with Crippen molar-refractivity contribution in [1.29, 1.82) is 5.26 Å². The summed E-state index contributed by atoms with van der Waals surface area (Å²) in [5.74, 6) is 0. The monoisotopic (exact) mass is 224 g/mol. The summed E-state index contributed by atoms with van der Waals surface area (Å²) in [6.07, 6.45) is 0. The van der Waals surface area contributed by atoms with Crippen LogP contribution in [0.3, 0.4) is 0 Å². The molecular formula is C13H8N2S. The Morgan fingerprint density at radius 2 is 2.19 bits per heavy atom. The molecule has 0 atom stereocenters. The van der Waals surface area contributed by atoms with Gasteiger partial charge in [0.25, 0.3) is 0 Å². The van der Waals surface area contributed by atoms with Gasteiger partial charge in [-0.25, -0.2) is 4.98 Å². The molecule has 2 aromatic heterocycles. The first-order valence-corrected chi connectivity index (χ1v) is 5.86. The van der Waals surface area contributed by atoms with Crippen LogP contribution in [0.2, 0.25) is 0 Å². The average molecular weight is 224 g/mol. The number of rotatable bonds is 0. The first-order chi connectivity index (χ1) is 7.81. The first-order valence-electron chi connectivity index (χ1n) is 4.98. The summed E-state index contributed by atoms with van der Waals surface area (Å²) in [5.41, 5.74) is 2.76. The number of pyridine rings is 1. The molecule has 0 unspecified atom stereocenters. The van der Waals surface area contributed by atoms with Crippen LogP contribution in [0.15, 0.2) is 29.6 Å². The molecule has 1 aromatic carbocycles. The second-order valence-electron chi connectivity index (χ2n) is 3.71. The van der Waals surface area contributed by atoms with E-state index in [4.69, 9.17) is 0 Å². The molecule has 0 radical (unpaired) electrons. The Kier molecular flexibility index (Phi) is 1.92. The lowest BCUT2D eigenvalue weighted by Crippen LogP contribution is -1.88. The summed E-state index contributed by atoms with van der Waals surface area (Å²) < 4.78 is 0. The van der Waals surface area contributed by atoms with Crippen LogP contribution in [0.1, 0.15) is 11.1 Å². The molecule has 76 valence electrons. The summed E-state index contributed by atoms with van der Waals surface area (Å²) in [4.78, 5) is 5.51. The molecular weight excluding hydrogens is 216 g/mol. The molecule has 2 nitrogen and oxygen atoms in total. The highest BCUT2D eigenvalue weighted by atomic mass is 32.1. The van der Waals surface area contributed by atoms with Gasteiger partial charge in [-0.1, -0.05) is 12.1 Å². The van der Waals surface area contributed by atoms with E-state index in [1.54, 1.807) is 11.3 Å². The fourth-order valence-electron chi connectivity index (χ4n) is 2.01. The van der Waals surface area contributed by atoms with Crippen molar-refractivity contribution in [2.45, 2.75) is 6.92 Å². The number of nitriles is 1. The van der Waals surface area contributed by atoms with Crippen molar-refractivity contribution >= 4 is 32.5 Å². The minimum atomic E-state index is 0.749. The Labute approximate surface area is 96.8 Å². The number of benzene rings is 1. The zero-order chi connectivity index (χ0) is 11.1. The van der Waals surface area contributed by atoms with Gasteiger partial charge in [-0.05, 0) is 30.0 Å². The van der Waals surface area contributed by atoms with Gasteiger partial charge < -0.3 is 0 Å². The zero-order valence-electron chi connectivity index (χ0n) is 8.69. The number of aromatic nitrogens is 1. The number of hydrogen-bond donors (Lipinski definition) is 0. The summed E-state index contributed by atoms with van der Waals surface area (Å²) in [7, 11) is 0. The molecule has 0 saturated carbocycles. The van der Waals surface area contributed by atoms with Crippen LogP contribution < -0.4 is 0 Å². The van der Waals surface area contributed by atoms with Crippen molar-refractivity contribution in [3.05, 3.63) is 40.8 Å². The second kappa shape index (κ2) is 3.29. The molecule has 3 rings (SSSR count). The third-order valence-corrected chi connectivity index (χ3v) is 3.56. The Balaban J connectivity index is 2.67. The lowest BCUT2D eigenvalue weighted by Gasteiger charge is -2.04. The number of thiophene rings is 1. The van der Waals surface area contributed by atoms with Crippen molar-refractivity contribution in [3.63, 3.8) is 0 Å². The maximum Gasteiger partial charge on any atom is 0.125 e. The van der Waals surface area contributed by atoms with E-state index in [1.165, 1.54) is 0 Å². The Morgan fingerprint density at radius 1 is 1.31 bits per heavy atom. The van der Waals surface area contributed by atoms with Gasteiger partial charge in [-0.15, -0.1) is 11.3 Å². The normalized spacial score (nSPS) is 10.8. The predicted molar refractivity (Wildman–Crippen MR) is 66.6 cm³/mol. The molecule has 0 saturated heterocycles. The van der Waals surface area contributed by atoms with Crippen molar-refractivity contribution in [1.82, 2.24) is 4.98 Å². The second-order valence-corrected chi connectivity index (χ2v) is 4.60. The van der Waals surface area contributed by atoms with E-state index >= 15 is 0 Å². The quantitative estimate of drug-likeness (QED) is 0.584. The molecule has 3 heteroatoms. The van der Waals surface area contributed by atoms with Crippen molar-refractivity contribution in [2.24, 2.45) is 0 Å². The molecule has 0 bridgehead atoms. The van der Waals surface area contributed by atoms with E-state index in [-0.39, 0.29) is 0 Å². The Hall–Kier alpha value is -1.92. The van der Waals surface area contributed by atoms with Gasteiger partial charge in [-0.2, -0.15) is 5.26 Å². The van der Waals surface area contributed by atoms with Crippen LogP contribution in [0.5, 0.6) is 0 Å². The molecule has 0 aliphatic rings. The summed E-state index contributed by atoms with van der Waals surface area (Å²) in [6, 6.07) is 10.2. The molecule has 0 aliphatic heterocycles. The van der Waals surface area contributed by atoms with Crippen LogP contribution in [-0.4, -0.2) is 4.98 Å². The fourth-order valence-corrected chi connectivity index (χ4v) is 2.79. The van der Waals surface area contributed by atoms with Gasteiger partial charge in [0, 0.05) is 10.8 Å². The number of fused-ring (bicyclic) bond motifs is 2. The van der Waals surface area contributed by atoms with Crippen molar-refractivity contribution < 1.29 is 0 Å². The summed E-state index contributed by atoms with van der Waals surface area (Å²) in [6.45, 7) is 2.02. The fraction of sp³-hybridized carbons (Fsp3) is 0.0769. The Morgan fingerprint density at radius 3 is 3.00 bits per heavy atom.